The Morgan fingerprint density at radius 1 is 0.895 bits per heavy atom. The monoisotopic (exact) mass is 524 g/mol. The van der Waals surface area contributed by atoms with Gasteiger partial charge in [0.15, 0.2) is 6.20 Å². The topological polar surface area (TPSA) is 64.3 Å². The lowest BCUT2D eigenvalue weighted by Gasteiger charge is -2.29. The maximum atomic E-state index is 10.4. The van der Waals surface area contributed by atoms with Crippen LogP contribution in [0.1, 0.15) is 30.5 Å². The molecule has 0 spiro atoms. The van der Waals surface area contributed by atoms with Crippen molar-refractivity contribution >= 4 is 38.9 Å². The number of para-hydroxylation sites is 2. The molecule has 0 radical (unpaired) electrons. The van der Waals surface area contributed by atoms with Crippen molar-refractivity contribution in [3.63, 3.8) is 0 Å². The number of aromatic nitrogens is 1. The first-order valence-corrected chi connectivity index (χ1v) is 14.1. The third-order valence-corrected chi connectivity index (χ3v) is 7.29. The van der Waals surface area contributed by atoms with Gasteiger partial charge in [-0.25, -0.2) is 8.42 Å². The molecule has 0 saturated heterocycles. The number of hydrogen-bond donors (Lipinski definition) is 0. The van der Waals surface area contributed by atoms with E-state index in [9.17, 15) is 13.0 Å². The van der Waals surface area contributed by atoms with Crippen LogP contribution in [-0.4, -0.2) is 19.5 Å². The molecule has 0 bridgehead atoms. The van der Waals surface area contributed by atoms with Crippen LogP contribution < -0.4 is 9.47 Å². The van der Waals surface area contributed by atoms with Gasteiger partial charge < -0.3 is 9.45 Å². The predicted octanol–water partition coefficient (Wildman–Crippen LogP) is 6.50. The number of anilines is 1. The second kappa shape index (κ2) is 12.0. The zero-order chi connectivity index (χ0) is 27.1. The molecule has 4 aromatic rings. The van der Waals surface area contributed by atoms with E-state index in [2.05, 4.69) is 114 Å². The lowest BCUT2D eigenvalue weighted by Crippen LogP contribution is -2.32. The molecule has 0 atom stereocenters. The van der Waals surface area contributed by atoms with Gasteiger partial charge in [-0.2, -0.15) is 4.57 Å². The van der Waals surface area contributed by atoms with E-state index < -0.39 is 10.1 Å². The number of rotatable bonds is 5. The lowest BCUT2D eigenvalue weighted by molar-refractivity contribution is -0.667. The van der Waals surface area contributed by atoms with E-state index in [1.807, 2.05) is 6.92 Å². The van der Waals surface area contributed by atoms with Crippen molar-refractivity contribution in [1.29, 1.82) is 0 Å². The zero-order valence-corrected chi connectivity index (χ0v) is 22.7. The largest absolute Gasteiger partial charge is 0.744 e. The summed E-state index contributed by atoms with van der Waals surface area (Å²) in [6.07, 6.45) is 13.1. The van der Waals surface area contributed by atoms with E-state index in [-0.39, 0.29) is 4.90 Å². The Morgan fingerprint density at radius 3 is 2.32 bits per heavy atom. The second-order valence-electron chi connectivity index (χ2n) is 8.93. The van der Waals surface area contributed by atoms with Crippen molar-refractivity contribution in [3.05, 3.63) is 126 Å². The molecule has 1 aliphatic heterocycles. The molecular formula is C32H32N2O3S. The number of aryl methyl sites for hydroxylation is 2. The van der Waals surface area contributed by atoms with Crippen LogP contribution in [0, 0.1) is 6.92 Å². The number of hydrogen-bond acceptors (Lipinski definition) is 4. The molecule has 0 amide bonds. The van der Waals surface area contributed by atoms with Crippen LogP contribution in [0.5, 0.6) is 0 Å². The van der Waals surface area contributed by atoms with Gasteiger partial charge in [0.25, 0.3) is 0 Å². The molecule has 0 saturated carbocycles. The Labute approximate surface area is 225 Å². The summed E-state index contributed by atoms with van der Waals surface area (Å²) in [5.41, 5.74) is 7.22. The summed E-state index contributed by atoms with van der Waals surface area (Å²) in [7, 11) is -4.27. The lowest BCUT2D eigenvalue weighted by atomic mass is 10.1. The molecule has 2 heterocycles. The molecule has 6 heteroatoms. The Bertz CT molecular complexity index is 1620. The van der Waals surface area contributed by atoms with Crippen molar-refractivity contribution < 1.29 is 17.5 Å². The summed E-state index contributed by atoms with van der Waals surface area (Å²) >= 11 is 0. The average molecular weight is 525 g/mol. The maximum absolute atomic E-state index is 10.4. The van der Waals surface area contributed by atoms with Gasteiger partial charge in [0.1, 0.15) is 16.7 Å². The summed E-state index contributed by atoms with van der Waals surface area (Å²) in [6, 6.07) is 25.1. The van der Waals surface area contributed by atoms with Gasteiger partial charge in [-0.1, -0.05) is 66.3 Å². The molecule has 3 aromatic carbocycles. The number of nitrogens with zero attached hydrogens (tertiary/aromatic N) is 2. The minimum atomic E-state index is -4.27. The van der Waals surface area contributed by atoms with E-state index in [4.69, 9.17) is 0 Å². The third kappa shape index (κ3) is 6.28. The van der Waals surface area contributed by atoms with Crippen molar-refractivity contribution in [2.75, 3.05) is 11.4 Å². The molecule has 194 valence electrons. The third-order valence-electron chi connectivity index (χ3n) is 6.44. The molecule has 0 N–H and O–H groups in total. The molecule has 38 heavy (non-hydrogen) atoms. The number of pyridine rings is 1. The van der Waals surface area contributed by atoms with Crippen molar-refractivity contribution in [1.82, 2.24) is 0 Å². The van der Waals surface area contributed by atoms with Crippen molar-refractivity contribution in [2.24, 2.45) is 0 Å². The average Bonchev–Trinajstić information content (AvgIpc) is 2.93. The fourth-order valence-corrected chi connectivity index (χ4v) is 4.93. The first-order valence-electron chi connectivity index (χ1n) is 12.7. The Morgan fingerprint density at radius 2 is 1.61 bits per heavy atom. The van der Waals surface area contributed by atoms with Gasteiger partial charge in [-0.05, 0) is 68.3 Å². The van der Waals surface area contributed by atoms with Gasteiger partial charge in [0.05, 0.1) is 10.3 Å². The van der Waals surface area contributed by atoms with Gasteiger partial charge in [0.2, 0.25) is 5.52 Å². The van der Waals surface area contributed by atoms with Crippen LogP contribution >= 0.6 is 0 Å². The van der Waals surface area contributed by atoms with Gasteiger partial charge >= 0.3 is 0 Å². The van der Waals surface area contributed by atoms with Gasteiger partial charge in [-0.3, -0.25) is 0 Å². The Balaban J connectivity index is 0.000000257. The summed E-state index contributed by atoms with van der Waals surface area (Å²) < 4.78 is 33.4. The highest BCUT2D eigenvalue weighted by molar-refractivity contribution is 7.85. The summed E-state index contributed by atoms with van der Waals surface area (Å²) in [5.74, 6) is 0. The second-order valence-corrected chi connectivity index (χ2v) is 10.3. The fourth-order valence-electron chi connectivity index (χ4n) is 4.46. The summed E-state index contributed by atoms with van der Waals surface area (Å²) in [4.78, 5) is 2.18. The van der Waals surface area contributed by atoms with Gasteiger partial charge in [0, 0.05) is 30.1 Å². The number of benzene rings is 3. The van der Waals surface area contributed by atoms with E-state index in [0.29, 0.717) is 0 Å². The Hall–Kier alpha value is -4.00. The molecule has 1 aliphatic rings. The quantitative estimate of drug-likeness (QED) is 0.221. The smallest absolute Gasteiger partial charge is 0.213 e. The highest BCUT2D eigenvalue weighted by atomic mass is 32.2. The molecular weight excluding hydrogens is 492 g/mol. The van der Waals surface area contributed by atoms with E-state index in [1.54, 1.807) is 12.1 Å². The van der Waals surface area contributed by atoms with E-state index >= 15 is 0 Å². The van der Waals surface area contributed by atoms with Crippen LogP contribution in [-0.2, 0) is 16.7 Å². The summed E-state index contributed by atoms with van der Waals surface area (Å²) in [5, 5.41) is 1.29. The van der Waals surface area contributed by atoms with Crippen LogP contribution in [0.15, 0.2) is 114 Å². The molecule has 0 aliphatic carbocycles. The molecule has 5 rings (SSSR count). The van der Waals surface area contributed by atoms with Crippen LogP contribution in [0.3, 0.4) is 0 Å². The first-order chi connectivity index (χ1) is 18.3. The fraction of sp³-hybridized carbons (Fsp3) is 0.156. The number of likely N-dealkylation sites (N-methyl/N-ethyl adjacent to an activating group) is 1. The molecule has 1 aromatic heterocycles. The highest BCUT2D eigenvalue weighted by Crippen LogP contribution is 2.30. The predicted molar refractivity (Wildman–Crippen MR) is 155 cm³/mol. The standard InChI is InChI=1S/C25H25N2.C7H8O3S/c1-3-26-19-18-20(23-13-6-8-15-25(23)26)11-9-12-22-17-16-21-10-5-7-14-24(21)27(22)4-2;1-6-2-4-7(5-3-6)11(8,9)10/h5-19H,3-4H2,1-2H3;2-5H,1H3,(H,8,9,10)/q+1;/p-1. The van der Waals surface area contributed by atoms with E-state index in [1.165, 1.54) is 45.5 Å². The minimum Gasteiger partial charge on any atom is -0.744 e. The number of fused-ring (bicyclic) bond motifs is 2. The molecule has 0 fully saturated rings. The maximum Gasteiger partial charge on any atom is 0.213 e. The summed E-state index contributed by atoms with van der Waals surface area (Å²) in [6.45, 7) is 8.12. The van der Waals surface area contributed by atoms with Gasteiger partial charge in [-0.15, -0.1) is 0 Å². The molecule has 5 nitrogen and oxygen atoms in total. The molecule has 0 unspecified atom stereocenters. The van der Waals surface area contributed by atoms with Crippen LogP contribution in [0.4, 0.5) is 5.69 Å². The SMILES string of the molecule is CCN1C(=CC=Cc2cc[n+](CC)c3ccccc23)C=Cc2ccccc21.Cc1ccc(S(=O)(=O)[O-])cc1. The number of allylic oxidation sites excluding steroid dienone is 3. The Kier molecular flexibility index (Phi) is 8.56. The van der Waals surface area contributed by atoms with E-state index in [0.717, 1.165) is 18.7 Å². The normalized spacial score (nSPS) is 14.0. The van der Waals surface area contributed by atoms with Crippen molar-refractivity contribution in [3.8, 4) is 0 Å². The highest BCUT2D eigenvalue weighted by Gasteiger charge is 2.14. The van der Waals surface area contributed by atoms with Crippen LogP contribution in [0.25, 0.3) is 23.1 Å². The first kappa shape index (κ1) is 27.0. The minimum absolute atomic E-state index is 0.178. The van der Waals surface area contributed by atoms with Crippen LogP contribution in [0.2, 0.25) is 0 Å². The zero-order valence-electron chi connectivity index (χ0n) is 21.9. The van der Waals surface area contributed by atoms with Crippen molar-refractivity contribution in [2.45, 2.75) is 32.2 Å².